The summed E-state index contributed by atoms with van der Waals surface area (Å²) in [7, 11) is -2.86. The van der Waals surface area contributed by atoms with Crippen LogP contribution in [-0.4, -0.2) is 55.2 Å². The standard InChI is InChI=1S/C11H23NO3S/c1-10-11(2)16(14,15)9-7-12(10)6-4-3-5-8-13/h10-11,13H,3-9H2,1-2H3. The minimum atomic E-state index is -2.86. The molecule has 1 aliphatic rings. The van der Waals surface area contributed by atoms with Crippen molar-refractivity contribution >= 4 is 9.84 Å². The van der Waals surface area contributed by atoms with E-state index in [1.807, 2.05) is 6.92 Å². The molecule has 4 nitrogen and oxygen atoms in total. The Balaban J connectivity index is 2.40. The molecule has 0 amide bonds. The number of rotatable bonds is 5. The van der Waals surface area contributed by atoms with E-state index in [4.69, 9.17) is 5.11 Å². The molecule has 0 aromatic carbocycles. The molecule has 1 aliphatic heterocycles. The molecule has 0 aliphatic carbocycles. The fraction of sp³-hybridized carbons (Fsp3) is 1.00. The highest BCUT2D eigenvalue weighted by molar-refractivity contribution is 7.92. The molecule has 0 aromatic heterocycles. The molecule has 0 spiro atoms. The third-order valence-corrected chi connectivity index (χ3v) is 5.87. The quantitative estimate of drug-likeness (QED) is 0.727. The number of sulfone groups is 1. The summed E-state index contributed by atoms with van der Waals surface area (Å²) in [5.41, 5.74) is 0. The number of unbranched alkanes of at least 4 members (excludes halogenated alkanes) is 2. The highest BCUT2D eigenvalue weighted by Crippen LogP contribution is 2.19. The smallest absolute Gasteiger partial charge is 0.155 e. The van der Waals surface area contributed by atoms with Gasteiger partial charge >= 0.3 is 0 Å². The second kappa shape index (κ2) is 5.98. The van der Waals surface area contributed by atoms with E-state index in [0.29, 0.717) is 12.3 Å². The average molecular weight is 249 g/mol. The lowest BCUT2D eigenvalue weighted by Crippen LogP contribution is -2.52. The maximum atomic E-state index is 11.7. The Labute approximate surface area is 98.6 Å². The third-order valence-electron chi connectivity index (χ3n) is 3.59. The van der Waals surface area contributed by atoms with Crippen molar-refractivity contribution in [3.05, 3.63) is 0 Å². The summed E-state index contributed by atoms with van der Waals surface area (Å²) in [5.74, 6) is 0.290. The Morgan fingerprint density at radius 3 is 2.56 bits per heavy atom. The van der Waals surface area contributed by atoms with E-state index in [9.17, 15) is 8.42 Å². The fourth-order valence-corrected chi connectivity index (χ4v) is 3.78. The van der Waals surface area contributed by atoms with Gasteiger partial charge in [0.25, 0.3) is 0 Å². The molecule has 5 heteroatoms. The molecular formula is C11H23NO3S. The summed E-state index contributed by atoms with van der Waals surface area (Å²) >= 11 is 0. The van der Waals surface area contributed by atoms with Crippen LogP contribution in [0.25, 0.3) is 0 Å². The Hall–Kier alpha value is -0.130. The zero-order chi connectivity index (χ0) is 12.2. The van der Waals surface area contributed by atoms with Crippen molar-refractivity contribution in [3.63, 3.8) is 0 Å². The van der Waals surface area contributed by atoms with Crippen LogP contribution in [0.15, 0.2) is 0 Å². The molecule has 16 heavy (non-hydrogen) atoms. The number of nitrogens with zero attached hydrogens (tertiary/aromatic N) is 1. The first-order chi connectivity index (χ1) is 7.49. The van der Waals surface area contributed by atoms with Crippen LogP contribution in [0.4, 0.5) is 0 Å². The Morgan fingerprint density at radius 2 is 1.94 bits per heavy atom. The average Bonchev–Trinajstić information content (AvgIpc) is 2.24. The minimum absolute atomic E-state index is 0.118. The summed E-state index contributed by atoms with van der Waals surface area (Å²) in [6.45, 7) is 5.65. The van der Waals surface area contributed by atoms with Gasteiger partial charge in [0.1, 0.15) is 0 Å². The highest BCUT2D eigenvalue weighted by atomic mass is 32.2. The van der Waals surface area contributed by atoms with Gasteiger partial charge in [-0.05, 0) is 39.7 Å². The van der Waals surface area contributed by atoms with E-state index in [2.05, 4.69) is 4.90 Å². The normalized spacial score (nSPS) is 30.4. The van der Waals surface area contributed by atoms with Crippen molar-refractivity contribution in [2.24, 2.45) is 0 Å². The largest absolute Gasteiger partial charge is 0.396 e. The molecule has 1 N–H and O–H groups in total. The molecule has 1 saturated heterocycles. The first kappa shape index (κ1) is 13.9. The van der Waals surface area contributed by atoms with Gasteiger partial charge in [0.05, 0.1) is 11.0 Å². The monoisotopic (exact) mass is 249 g/mol. The fourth-order valence-electron chi connectivity index (χ4n) is 2.15. The molecule has 1 heterocycles. The maximum Gasteiger partial charge on any atom is 0.155 e. The van der Waals surface area contributed by atoms with E-state index in [1.54, 1.807) is 6.92 Å². The van der Waals surface area contributed by atoms with Crippen LogP contribution in [-0.2, 0) is 9.84 Å². The van der Waals surface area contributed by atoms with Crippen molar-refractivity contribution in [1.82, 2.24) is 4.90 Å². The predicted octanol–water partition coefficient (Wildman–Crippen LogP) is 0.656. The predicted molar refractivity (Wildman–Crippen MR) is 65.2 cm³/mol. The van der Waals surface area contributed by atoms with Crippen molar-refractivity contribution in [1.29, 1.82) is 0 Å². The first-order valence-corrected chi connectivity index (χ1v) is 7.77. The van der Waals surface area contributed by atoms with Gasteiger partial charge in [-0.1, -0.05) is 0 Å². The molecule has 1 fully saturated rings. The van der Waals surface area contributed by atoms with Gasteiger partial charge in [-0.25, -0.2) is 8.42 Å². The molecular weight excluding hydrogens is 226 g/mol. The van der Waals surface area contributed by atoms with Gasteiger partial charge in [0.2, 0.25) is 0 Å². The first-order valence-electron chi connectivity index (χ1n) is 6.05. The third kappa shape index (κ3) is 3.43. The molecule has 96 valence electrons. The zero-order valence-corrected chi connectivity index (χ0v) is 11.0. The van der Waals surface area contributed by atoms with Crippen LogP contribution in [0, 0.1) is 0 Å². The van der Waals surface area contributed by atoms with Crippen LogP contribution in [0.1, 0.15) is 33.1 Å². The van der Waals surface area contributed by atoms with E-state index in [1.165, 1.54) is 0 Å². The molecule has 0 radical (unpaired) electrons. The lowest BCUT2D eigenvalue weighted by molar-refractivity contribution is 0.198. The van der Waals surface area contributed by atoms with Gasteiger partial charge < -0.3 is 5.11 Å². The van der Waals surface area contributed by atoms with Crippen LogP contribution < -0.4 is 0 Å². The van der Waals surface area contributed by atoms with Gasteiger partial charge in [0, 0.05) is 19.2 Å². The summed E-state index contributed by atoms with van der Waals surface area (Å²) in [6, 6.07) is 0.118. The van der Waals surface area contributed by atoms with Gasteiger partial charge in [-0.3, -0.25) is 4.90 Å². The molecule has 2 atom stereocenters. The van der Waals surface area contributed by atoms with Crippen molar-refractivity contribution < 1.29 is 13.5 Å². The topological polar surface area (TPSA) is 57.6 Å². The number of hydrogen-bond acceptors (Lipinski definition) is 4. The van der Waals surface area contributed by atoms with E-state index >= 15 is 0 Å². The summed E-state index contributed by atoms with van der Waals surface area (Å²) in [5, 5.41) is 8.42. The van der Waals surface area contributed by atoms with Crippen LogP contribution >= 0.6 is 0 Å². The number of aliphatic hydroxyl groups excluding tert-OH is 1. The lowest BCUT2D eigenvalue weighted by Gasteiger charge is -2.37. The summed E-state index contributed by atoms with van der Waals surface area (Å²) in [4.78, 5) is 2.25. The van der Waals surface area contributed by atoms with Gasteiger partial charge in [0.15, 0.2) is 9.84 Å². The molecule has 0 aromatic rings. The molecule has 0 saturated carbocycles. The molecule has 0 bridgehead atoms. The van der Waals surface area contributed by atoms with Gasteiger partial charge in [-0.15, -0.1) is 0 Å². The number of aliphatic hydroxyl groups is 1. The summed E-state index contributed by atoms with van der Waals surface area (Å²) < 4.78 is 23.3. The molecule has 1 rings (SSSR count). The van der Waals surface area contributed by atoms with E-state index < -0.39 is 9.84 Å². The van der Waals surface area contributed by atoms with Crippen molar-refractivity contribution in [2.45, 2.75) is 44.4 Å². The van der Waals surface area contributed by atoms with Crippen molar-refractivity contribution in [3.8, 4) is 0 Å². The Morgan fingerprint density at radius 1 is 1.25 bits per heavy atom. The van der Waals surface area contributed by atoms with Gasteiger partial charge in [-0.2, -0.15) is 0 Å². The van der Waals surface area contributed by atoms with E-state index in [0.717, 1.165) is 25.8 Å². The lowest BCUT2D eigenvalue weighted by atomic mass is 10.1. The van der Waals surface area contributed by atoms with Crippen LogP contribution in [0.3, 0.4) is 0 Å². The van der Waals surface area contributed by atoms with Crippen LogP contribution in [0.2, 0.25) is 0 Å². The second-order valence-electron chi connectivity index (χ2n) is 4.63. The van der Waals surface area contributed by atoms with E-state index in [-0.39, 0.29) is 17.9 Å². The van der Waals surface area contributed by atoms with Crippen LogP contribution in [0.5, 0.6) is 0 Å². The Kier molecular flexibility index (Phi) is 5.21. The summed E-state index contributed by atoms with van der Waals surface area (Å²) in [6.07, 6.45) is 2.90. The van der Waals surface area contributed by atoms with Crippen molar-refractivity contribution in [2.75, 3.05) is 25.4 Å². The number of hydrogen-bond donors (Lipinski definition) is 1. The SMILES string of the molecule is CC1C(C)S(=O)(=O)CCN1CCCCCO. The maximum absolute atomic E-state index is 11.7. The molecule has 2 unspecified atom stereocenters. The highest BCUT2D eigenvalue weighted by Gasteiger charge is 2.35. The minimum Gasteiger partial charge on any atom is -0.396 e. The zero-order valence-electron chi connectivity index (χ0n) is 10.2. The second-order valence-corrected chi connectivity index (χ2v) is 7.11. The Bertz CT molecular complexity index is 302.